The molecule has 2 nitrogen and oxygen atoms in total. The normalized spacial score (nSPS) is 31.9. The lowest BCUT2D eigenvalue weighted by atomic mass is 9.70. The second-order valence-electron chi connectivity index (χ2n) is 5.28. The van der Waals surface area contributed by atoms with Gasteiger partial charge in [-0.25, -0.2) is 4.39 Å². The molecule has 0 radical (unpaired) electrons. The highest BCUT2D eigenvalue weighted by molar-refractivity contribution is 6.05. The highest BCUT2D eigenvalue weighted by atomic mass is 19.1. The van der Waals surface area contributed by atoms with Crippen LogP contribution in [0.5, 0.6) is 0 Å². The van der Waals surface area contributed by atoms with Gasteiger partial charge in [-0.3, -0.25) is 4.79 Å². The predicted molar refractivity (Wildman–Crippen MR) is 61.3 cm³/mol. The number of fused-ring (bicyclic) bond motifs is 1. The summed E-state index contributed by atoms with van der Waals surface area (Å²) in [6.45, 7) is 0. The van der Waals surface area contributed by atoms with Crippen molar-refractivity contribution in [2.45, 2.75) is 38.2 Å². The van der Waals surface area contributed by atoms with E-state index in [0.717, 1.165) is 0 Å². The molecule has 0 atom stereocenters. The average molecular weight is 234 g/mol. The van der Waals surface area contributed by atoms with E-state index in [1.54, 1.807) is 12.1 Å². The lowest BCUT2D eigenvalue weighted by molar-refractivity contribution is 0.0512. The van der Waals surface area contributed by atoms with Gasteiger partial charge in [-0.15, -0.1) is 0 Å². The number of rotatable bonds is 0. The quantitative estimate of drug-likeness (QED) is 0.748. The molecule has 0 bridgehead atoms. The van der Waals surface area contributed by atoms with Gasteiger partial charge in [0.15, 0.2) is 5.78 Å². The number of halogens is 1. The largest absolute Gasteiger partial charge is 0.393 e. The average Bonchev–Trinajstić information content (AvgIpc) is 2.60. The van der Waals surface area contributed by atoms with Crippen LogP contribution in [0, 0.1) is 11.2 Å². The molecule has 1 N–H and O–H groups in total. The third kappa shape index (κ3) is 1.53. The number of benzene rings is 1. The topological polar surface area (TPSA) is 37.3 Å². The van der Waals surface area contributed by atoms with Gasteiger partial charge in [-0.1, -0.05) is 12.1 Å². The van der Waals surface area contributed by atoms with Gasteiger partial charge in [0.2, 0.25) is 0 Å². The number of hydrogen-bond acceptors (Lipinski definition) is 2. The van der Waals surface area contributed by atoms with Crippen LogP contribution in [0.3, 0.4) is 0 Å². The van der Waals surface area contributed by atoms with Crippen molar-refractivity contribution in [3.8, 4) is 0 Å². The molecular formula is C14H15FO2. The smallest absolute Gasteiger partial charge is 0.169 e. The van der Waals surface area contributed by atoms with Crippen molar-refractivity contribution in [1.82, 2.24) is 0 Å². The van der Waals surface area contributed by atoms with Gasteiger partial charge >= 0.3 is 0 Å². The van der Waals surface area contributed by atoms with E-state index in [-0.39, 0.29) is 17.7 Å². The summed E-state index contributed by atoms with van der Waals surface area (Å²) < 4.78 is 13.7. The van der Waals surface area contributed by atoms with E-state index in [1.165, 1.54) is 6.07 Å². The first-order valence-corrected chi connectivity index (χ1v) is 6.13. The van der Waals surface area contributed by atoms with Gasteiger partial charge < -0.3 is 5.11 Å². The zero-order chi connectivity index (χ0) is 12.0. The van der Waals surface area contributed by atoms with Crippen LogP contribution < -0.4 is 0 Å². The van der Waals surface area contributed by atoms with Crippen molar-refractivity contribution in [1.29, 1.82) is 0 Å². The Balaban J connectivity index is 1.99. The number of carbonyl (C=O) groups is 1. The molecule has 2 aliphatic rings. The Bertz CT molecular complexity index is 473. The third-order valence-electron chi connectivity index (χ3n) is 4.27. The minimum Gasteiger partial charge on any atom is -0.393 e. The zero-order valence-corrected chi connectivity index (χ0v) is 9.58. The van der Waals surface area contributed by atoms with Crippen molar-refractivity contribution in [2.24, 2.45) is 5.41 Å². The van der Waals surface area contributed by atoms with Gasteiger partial charge in [-0.2, -0.15) is 0 Å². The molecule has 0 heterocycles. The summed E-state index contributed by atoms with van der Waals surface area (Å²) in [4.78, 5) is 12.4. The molecular weight excluding hydrogens is 219 g/mol. The summed E-state index contributed by atoms with van der Waals surface area (Å²) in [6.07, 6.45) is 2.90. The minimum atomic E-state index is -0.427. The summed E-state index contributed by atoms with van der Waals surface area (Å²) in [5.74, 6) is -0.183. The van der Waals surface area contributed by atoms with Gasteiger partial charge in [0.05, 0.1) is 6.10 Å². The van der Waals surface area contributed by atoms with E-state index >= 15 is 0 Å². The van der Waals surface area contributed by atoms with Crippen molar-refractivity contribution < 1.29 is 14.3 Å². The Morgan fingerprint density at radius 3 is 2.65 bits per heavy atom. The second-order valence-corrected chi connectivity index (χ2v) is 5.28. The standard InChI is InChI=1S/C14H15FO2/c15-12-3-1-2-10-11(12)8-14(13(10)17)6-4-9(16)5-7-14/h1-3,9,16H,4-8H2. The number of Topliss-reactive ketones (excluding diaryl/α,β-unsaturated/α-hetero) is 1. The number of aliphatic hydroxyl groups is 1. The van der Waals surface area contributed by atoms with Crippen LogP contribution >= 0.6 is 0 Å². The number of carbonyl (C=O) groups excluding carboxylic acids is 1. The zero-order valence-electron chi connectivity index (χ0n) is 9.58. The van der Waals surface area contributed by atoms with Crippen LogP contribution in [0.25, 0.3) is 0 Å². The van der Waals surface area contributed by atoms with Crippen LogP contribution in [0.15, 0.2) is 18.2 Å². The van der Waals surface area contributed by atoms with Crippen molar-refractivity contribution in [3.63, 3.8) is 0 Å². The third-order valence-corrected chi connectivity index (χ3v) is 4.27. The summed E-state index contributed by atoms with van der Waals surface area (Å²) in [7, 11) is 0. The van der Waals surface area contributed by atoms with Crippen LogP contribution in [-0.2, 0) is 6.42 Å². The molecule has 1 aromatic carbocycles. The fraction of sp³-hybridized carbons (Fsp3) is 0.500. The van der Waals surface area contributed by atoms with Gasteiger partial charge in [0.1, 0.15) is 5.82 Å². The maximum atomic E-state index is 13.7. The molecule has 3 rings (SSSR count). The maximum absolute atomic E-state index is 13.7. The lowest BCUT2D eigenvalue weighted by Gasteiger charge is -2.33. The van der Waals surface area contributed by atoms with E-state index in [4.69, 9.17) is 0 Å². The molecule has 90 valence electrons. The number of hydrogen-bond donors (Lipinski definition) is 1. The summed E-state index contributed by atoms with van der Waals surface area (Å²) in [5, 5.41) is 9.53. The van der Waals surface area contributed by atoms with Gasteiger partial charge in [-0.05, 0) is 43.7 Å². The predicted octanol–water partition coefficient (Wildman–Crippen LogP) is 2.49. The Morgan fingerprint density at radius 1 is 1.29 bits per heavy atom. The molecule has 0 aliphatic heterocycles. The van der Waals surface area contributed by atoms with E-state index in [2.05, 4.69) is 0 Å². The molecule has 0 saturated heterocycles. The van der Waals surface area contributed by atoms with Gasteiger partial charge in [0.25, 0.3) is 0 Å². The van der Waals surface area contributed by atoms with E-state index < -0.39 is 5.41 Å². The number of aliphatic hydroxyl groups excluding tert-OH is 1. The van der Waals surface area contributed by atoms with Gasteiger partial charge in [0, 0.05) is 11.0 Å². The Labute approximate surface area is 99.5 Å². The van der Waals surface area contributed by atoms with Crippen LogP contribution in [0.4, 0.5) is 4.39 Å². The molecule has 1 fully saturated rings. The van der Waals surface area contributed by atoms with Crippen LogP contribution in [0.1, 0.15) is 41.6 Å². The molecule has 1 aromatic rings. The Morgan fingerprint density at radius 2 is 2.00 bits per heavy atom. The Hall–Kier alpha value is -1.22. The molecule has 0 amide bonds. The first kappa shape index (κ1) is 10.9. The maximum Gasteiger partial charge on any atom is 0.169 e. The van der Waals surface area contributed by atoms with E-state index in [0.29, 0.717) is 43.2 Å². The highest BCUT2D eigenvalue weighted by Crippen LogP contribution is 2.47. The first-order chi connectivity index (χ1) is 8.12. The van der Waals surface area contributed by atoms with Crippen molar-refractivity contribution >= 4 is 5.78 Å². The SMILES string of the molecule is O=C1c2cccc(F)c2CC12CCC(O)CC2. The molecule has 1 saturated carbocycles. The second kappa shape index (κ2) is 3.64. The van der Waals surface area contributed by atoms with E-state index in [1.807, 2.05) is 0 Å². The summed E-state index contributed by atoms with van der Waals surface area (Å²) in [6, 6.07) is 4.74. The molecule has 0 aromatic heterocycles. The van der Waals surface area contributed by atoms with Crippen molar-refractivity contribution in [2.75, 3.05) is 0 Å². The molecule has 17 heavy (non-hydrogen) atoms. The van der Waals surface area contributed by atoms with Crippen molar-refractivity contribution in [3.05, 3.63) is 35.1 Å². The summed E-state index contributed by atoms with van der Waals surface area (Å²) >= 11 is 0. The first-order valence-electron chi connectivity index (χ1n) is 6.13. The summed E-state index contributed by atoms with van der Waals surface area (Å²) in [5.41, 5.74) is 0.708. The number of ketones is 1. The minimum absolute atomic E-state index is 0.0823. The molecule has 0 unspecified atom stereocenters. The van der Waals surface area contributed by atoms with E-state index in [9.17, 15) is 14.3 Å². The highest BCUT2D eigenvalue weighted by Gasteiger charge is 2.47. The lowest BCUT2D eigenvalue weighted by Crippen LogP contribution is -2.34. The monoisotopic (exact) mass is 234 g/mol. The molecule has 1 spiro atoms. The molecule has 3 heteroatoms. The fourth-order valence-electron chi connectivity index (χ4n) is 3.21. The fourth-order valence-corrected chi connectivity index (χ4v) is 3.21. The van der Waals surface area contributed by atoms with Crippen LogP contribution in [0.2, 0.25) is 0 Å². The van der Waals surface area contributed by atoms with Crippen LogP contribution in [-0.4, -0.2) is 17.0 Å². The Kier molecular flexibility index (Phi) is 2.33. The molecule has 2 aliphatic carbocycles.